The SMILES string of the molecule is CCOC(=O)C1CCCN(C(=O)CC2=CSC3=NC(C)=C(C(=O)OC(C)C)C(c4ccccc4OC)N23)C1. The number of amides is 1. The van der Waals surface area contributed by atoms with Gasteiger partial charge in [-0.25, -0.2) is 9.79 Å². The van der Waals surface area contributed by atoms with Crippen molar-refractivity contribution in [3.63, 3.8) is 0 Å². The van der Waals surface area contributed by atoms with Gasteiger partial charge in [-0.15, -0.1) is 0 Å². The lowest BCUT2D eigenvalue weighted by Gasteiger charge is -2.38. The van der Waals surface area contributed by atoms with Crippen LogP contribution >= 0.6 is 11.8 Å². The van der Waals surface area contributed by atoms with E-state index >= 15 is 0 Å². The van der Waals surface area contributed by atoms with Crippen LogP contribution in [-0.4, -0.2) is 65.7 Å². The second-order valence-corrected chi connectivity index (χ2v) is 10.5. The molecule has 0 aliphatic carbocycles. The predicted octanol–water partition coefficient (Wildman–Crippen LogP) is 4.41. The normalized spacial score (nSPS) is 21.1. The maximum atomic E-state index is 13.5. The van der Waals surface area contributed by atoms with Gasteiger partial charge in [-0.2, -0.15) is 0 Å². The molecule has 9 nitrogen and oxygen atoms in total. The van der Waals surface area contributed by atoms with Gasteiger partial charge in [0.05, 0.1) is 49.5 Å². The molecular weight excluding hydrogens is 506 g/mol. The number of para-hydroxylation sites is 1. The number of benzene rings is 1. The highest BCUT2D eigenvalue weighted by atomic mass is 32.2. The number of hydrogen-bond acceptors (Lipinski definition) is 9. The lowest BCUT2D eigenvalue weighted by Crippen LogP contribution is -2.44. The van der Waals surface area contributed by atoms with E-state index in [1.165, 1.54) is 11.8 Å². The molecule has 1 aromatic carbocycles. The summed E-state index contributed by atoms with van der Waals surface area (Å²) in [5, 5.41) is 2.60. The Labute approximate surface area is 227 Å². The van der Waals surface area contributed by atoms with Gasteiger partial charge in [0.2, 0.25) is 5.91 Å². The van der Waals surface area contributed by atoms with Crippen molar-refractivity contribution in [2.24, 2.45) is 10.9 Å². The zero-order valence-corrected chi connectivity index (χ0v) is 23.4. The number of esters is 2. The van der Waals surface area contributed by atoms with Crippen LogP contribution in [0, 0.1) is 5.92 Å². The van der Waals surface area contributed by atoms with Gasteiger partial charge in [-0.05, 0) is 52.0 Å². The summed E-state index contributed by atoms with van der Waals surface area (Å²) in [6.45, 7) is 8.46. The quantitative estimate of drug-likeness (QED) is 0.447. The van der Waals surface area contributed by atoms with Crippen molar-refractivity contribution >= 4 is 34.8 Å². The highest BCUT2D eigenvalue weighted by molar-refractivity contribution is 8.16. The van der Waals surface area contributed by atoms with Gasteiger partial charge in [0.25, 0.3) is 0 Å². The summed E-state index contributed by atoms with van der Waals surface area (Å²) in [5.74, 6) is -0.472. The first-order valence-electron chi connectivity index (χ1n) is 13.0. The van der Waals surface area contributed by atoms with Crippen LogP contribution in [0.2, 0.25) is 0 Å². The molecule has 0 saturated carbocycles. The molecule has 0 aromatic heterocycles. The molecule has 2 atom stereocenters. The number of rotatable bonds is 8. The van der Waals surface area contributed by atoms with Crippen molar-refractivity contribution in [2.45, 2.75) is 59.1 Å². The van der Waals surface area contributed by atoms with Gasteiger partial charge in [0.1, 0.15) is 5.75 Å². The second kappa shape index (κ2) is 12.1. The topological polar surface area (TPSA) is 97.7 Å². The molecule has 0 bridgehead atoms. The Bertz CT molecular complexity index is 1190. The molecule has 0 spiro atoms. The highest BCUT2D eigenvalue weighted by Gasteiger charge is 2.43. The summed E-state index contributed by atoms with van der Waals surface area (Å²) in [5.41, 5.74) is 2.49. The Morgan fingerprint density at radius 2 is 1.97 bits per heavy atom. The average Bonchev–Trinajstić information content (AvgIpc) is 3.29. The van der Waals surface area contributed by atoms with Gasteiger partial charge < -0.3 is 24.0 Å². The van der Waals surface area contributed by atoms with E-state index in [1.54, 1.807) is 39.7 Å². The standard InChI is InChI=1S/C28H35N3O6S/c1-6-36-26(33)19-10-9-13-30(15-19)23(32)14-20-16-38-28-29-18(4)24(27(34)37-17(2)3)25(31(20)28)21-11-7-8-12-22(21)35-5/h7-8,11-12,16-17,19,25H,6,9-10,13-15H2,1-5H3. The summed E-state index contributed by atoms with van der Waals surface area (Å²) in [6, 6.07) is 6.96. The molecule has 3 aliphatic rings. The first-order valence-corrected chi connectivity index (χ1v) is 13.9. The number of methoxy groups -OCH3 is 1. The van der Waals surface area contributed by atoms with Crippen molar-refractivity contribution in [1.82, 2.24) is 9.80 Å². The molecule has 1 fully saturated rings. The number of thioether (sulfide) groups is 1. The van der Waals surface area contributed by atoms with Gasteiger partial charge in [-0.1, -0.05) is 30.0 Å². The van der Waals surface area contributed by atoms with E-state index in [9.17, 15) is 14.4 Å². The number of ether oxygens (including phenoxy) is 3. The molecular formula is C28H35N3O6S. The van der Waals surface area contributed by atoms with Crippen LogP contribution in [-0.2, 0) is 23.9 Å². The van der Waals surface area contributed by atoms with Crippen molar-refractivity contribution in [2.75, 3.05) is 26.8 Å². The minimum atomic E-state index is -0.576. The molecule has 204 valence electrons. The molecule has 0 radical (unpaired) electrons. The smallest absolute Gasteiger partial charge is 0.338 e. The molecule has 2 unspecified atom stereocenters. The van der Waals surface area contributed by atoms with Crippen molar-refractivity contribution in [3.8, 4) is 5.75 Å². The van der Waals surface area contributed by atoms with Crippen LogP contribution in [0.1, 0.15) is 58.6 Å². The van der Waals surface area contributed by atoms with Crippen molar-refractivity contribution in [3.05, 3.63) is 52.2 Å². The lowest BCUT2D eigenvalue weighted by molar-refractivity contribution is -0.151. The highest BCUT2D eigenvalue weighted by Crippen LogP contribution is 2.47. The third-order valence-electron chi connectivity index (χ3n) is 6.72. The van der Waals surface area contributed by atoms with Crippen LogP contribution < -0.4 is 4.74 Å². The van der Waals surface area contributed by atoms with Gasteiger partial charge in [0, 0.05) is 24.4 Å². The first kappa shape index (κ1) is 27.8. The van der Waals surface area contributed by atoms with Crippen LogP contribution in [0.3, 0.4) is 0 Å². The molecule has 1 amide bonds. The van der Waals surface area contributed by atoms with Crippen LogP contribution in [0.25, 0.3) is 0 Å². The van der Waals surface area contributed by atoms with Gasteiger partial charge in [0.15, 0.2) is 5.17 Å². The van der Waals surface area contributed by atoms with Crippen molar-refractivity contribution in [1.29, 1.82) is 0 Å². The maximum absolute atomic E-state index is 13.5. The van der Waals surface area contributed by atoms with E-state index in [0.717, 1.165) is 17.7 Å². The minimum absolute atomic E-state index is 0.0801. The number of amidine groups is 1. The van der Waals surface area contributed by atoms with Gasteiger partial charge in [-0.3, -0.25) is 9.59 Å². The Kier molecular flexibility index (Phi) is 8.81. The number of allylic oxidation sites excluding steroid dienone is 1. The van der Waals surface area contributed by atoms with E-state index in [1.807, 2.05) is 34.6 Å². The number of carbonyl (C=O) groups is 3. The average molecular weight is 542 g/mol. The summed E-state index contributed by atoms with van der Waals surface area (Å²) < 4.78 is 16.5. The van der Waals surface area contributed by atoms with Crippen LogP contribution in [0.15, 0.2) is 51.6 Å². The number of nitrogens with zero attached hydrogens (tertiary/aromatic N) is 3. The monoisotopic (exact) mass is 541 g/mol. The van der Waals surface area contributed by atoms with Gasteiger partial charge >= 0.3 is 11.9 Å². The number of fused-ring (bicyclic) bond motifs is 1. The molecule has 38 heavy (non-hydrogen) atoms. The Hall–Kier alpha value is -3.27. The summed E-state index contributed by atoms with van der Waals surface area (Å²) in [4.78, 5) is 47.5. The molecule has 10 heteroatoms. The van der Waals surface area contributed by atoms with E-state index < -0.39 is 12.0 Å². The maximum Gasteiger partial charge on any atom is 0.338 e. The van der Waals surface area contributed by atoms with E-state index in [2.05, 4.69) is 0 Å². The van der Waals surface area contributed by atoms with E-state index in [-0.39, 0.29) is 30.3 Å². The fourth-order valence-electron chi connectivity index (χ4n) is 5.02. The number of aliphatic imine (C=N–C) groups is 1. The zero-order chi connectivity index (χ0) is 27.4. The molecule has 3 heterocycles. The third-order valence-corrected chi connectivity index (χ3v) is 7.61. The van der Waals surface area contributed by atoms with E-state index in [4.69, 9.17) is 19.2 Å². The largest absolute Gasteiger partial charge is 0.496 e. The van der Waals surface area contributed by atoms with Crippen LogP contribution in [0.5, 0.6) is 5.75 Å². The summed E-state index contributed by atoms with van der Waals surface area (Å²) in [7, 11) is 1.59. The second-order valence-electron chi connectivity index (χ2n) is 9.70. The molecule has 4 rings (SSSR count). The molecule has 0 N–H and O–H groups in total. The fourth-order valence-corrected chi connectivity index (χ4v) is 5.98. The van der Waals surface area contributed by atoms with E-state index in [0.29, 0.717) is 48.3 Å². The fraction of sp³-hybridized carbons (Fsp3) is 0.500. The Balaban J connectivity index is 1.64. The lowest BCUT2D eigenvalue weighted by atomic mass is 9.93. The van der Waals surface area contributed by atoms with Crippen molar-refractivity contribution < 1.29 is 28.6 Å². The Morgan fingerprint density at radius 3 is 2.68 bits per heavy atom. The third kappa shape index (κ3) is 5.75. The predicted molar refractivity (Wildman–Crippen MR) is 145 cm³/mol. The number of hydrogen-bond donors (Lipinski definition) is 0. The minimum Gasteiger partial charge on any atom is -0.496 e. The number of likely N-dealkylation sites (tertiary alicyclic amines) is 1. The molecule has 1 aromatic rings. The molecule has 1 saturated heterocycles. The Morgan fingerprint density at radius 1 is 1.21 bits per heavy atom. The number of piperidine rings is 1. The first-order chi connectivity index (χ1) is 18.2. The zero-order valence-electron chi connectivity index (χ0n) is 22.6. The summed E-state index contributed by atoms with van der Waals surface area (Å²) in [6.07, 6.45) is 1.27. The summed E-state index contributed by atoms with van der Waals surface area (Å²) >= 11 is 1.42. The number of carbonyl (C=O) groups excluding carboxylic acids is 3. The molecule has 3 aliphatic heterocycles. The van der Waals surface area contributed by atoms with Crippen LogP contribution in [0.4, 0.5) is 0 Å².